The molecular weight excluding hydrogens is 280 g/mol. The van der Waals surface area contributed by atoms with Gasteiger partial charge in [0.1, 0.15) is 0 Å². The van der Waals surface area contributed by atoms with E-state index in [1.54, 1.807) is 0 Å². The van der Waals surface area contributed by atoms with E-state index in [1.165, 1.54) is 21.9 Å². The molecule has 2 heterocycles. The molecule has 0 fully saturated rings. The van der Waals surface area contributed by atoms with E-state index < -0.39 is 0 Å². The monoisotopic (exact) mass is 300 g/mol. The zero-order chi connectivity index (χ0) is 16.2. The van der Waals surface area contributed by atoms with Gasteiger partial charge in [-0.15, -0.1) is 0 Å². The molecule has 0 atom stereocenters. The molecule has 0 spiro atoms. The number of hydrogen-bond donors (Lipinski definition) is 0. The lowest BCUT2D eigenvalue weighted by Gasteiger charge is -2.00. The SMILES string of the molecule is Cc1ccc2cccc(C)c2n1.Cc1cccc2cccnc12. The third-order valence-electron chi connectivity index (χ3n) is 3.90. The Balaban J connectivity index is 0.000000136. The molecule has 2 nitrogen and oxygen atoms in total. The fourth-order valence-electron chi connectivity index (χ4n) is 2.65. The maximum Gasteiger partial charge on any atom is 0.0734 e. The van der Waals surface area contributed by atoms with Crippen molar-refractivity contribution in [2.75, 3.05) is 0 Å². The summed E-state index contributed by atoms with van der Waals surface area (Å²) in [5, 5.41) is 2.44. The summed E-state index contributed by atoms with van der Waals surface area (Å²) in [4.78, 5) is 8.76. The summed E-state index contributed by atoms with van der Waals surface area (Å²) in [6, 6.07) is 20.7. The van der Waals surface area contributed by atoms with Crippen molar-refractivity contribution in [1.29, 1.82) is 0 Å². The number of hydrogen-bond acceptors (Lipinski definition) is 2. The Labute approximate surface area is 136 Å². The fraction of sp³-hybridized carbons (Fsp3) is 0.143. The first-order valence-electron chi connectivity index (χ1n) is 7.78. The molecule has 2 aromatic heterocycles. The average Bonchev–Trinajstić information content (AvgIpc) is 2.57. The summed E-state index contributed by atoms with van der Waals surface area (Å²) in [5.74, 6) is 0. The molecule has 0 saturated carbocycles. The predicted molar refractivity (Wildman–Crippen MR) is 97.7 cm³/mol. The zero-order valence-electron chi connectivity index (χ0n) is 13.7. The van der Waals surface area contributed by atoms with E-state index in [0.717, 1.165) is 16.7 Å². The Morgan fingerprint density at radius 3 is 1.91 bits per heavy atom. The summed E-state index contributed by atoms with van der Waals surface area (Å²) in [5.41, 5.74) is 5.80. The van der Waals surface area contributed by atoms with Gasteiger partial charge in [-0.1, -0.05) is 48.5 Å². The number of rotatable bonds is 0. The van der Waals surface area contributed by atoms with Crippen molar-refractivity contribution in [3.8, 4) is 0 Å². The molecule has 0 aliphatic heterocycles. The molecule has 0 saturated heterocycles. The molecule has 2 heteroatoms. The van der Waals surface area contributed by atoms with E-state index in [4.69, 9.17) is 0 Å². The first kappa shape index (κ1) is 15.2. The highest BCUT2D eigenvalue weighted by Gasteiger charge is 1.96. The summed E-state index contributed by atoms with van der Waals surface area (Å²) in [6.07, 6.45) is 1.83. The molecule has 0 bridgehead atoms. The van der Waals surface area contributed by atoms with Gasteiger partial charge >= 0.3 is 0 Å². The van der Waals surface area contributed by atoms with Gasteiger partial charge in [-0.2, -0.15) is 0 Å². The normalized spacial score (nSPS) is 10.4. The second-order valence-electron chi connectivity index (χ2n) is 5.75. The molecular formula is C21H20N2. The lowest BCUT2D eigenvalue weighted by Crippen LogP contribution is -1.85. The number of nitrogens with zero attached hydrogens (tertiary/aromatic N) is 2. The highest BCUT2D eigenvalue weighted by molar-refractivity contribution is 5.82. The average molecular weight is 300 g/mol. The first-order valence-corrected chi connectivity index (χ1v) is 7.78. The van der Waals surface area contributed by atoms with Crippen molar-refractivity contribution in [3.63, 3.8) is 0 Å². The Morgan fingerprint density at radius 2 is 1.22 bits per heavy atom. The van der Waals surface area contributed by atoms with Crippen LogP contribution in [0, 0.1) is 20.8 Å². The van der Waals surface area contributed by atoms with Crippen LogP contribution in [0.2, 0.25) is 0 Å². The second kappa shape index (κ2) is 6.57. The minimum absolute atomic E-state index is 1.08. The fourth-order valence-corrected chi connectivity index (χ4v) is 2.65. The maximum atomic E-state index is 4.48. The highest BCUT2D eigenvalue weighted by Crippen LogP contribution is 2.16. The van der Waals surface area contributed by atoms with E-state index in [-0.39, 0.29) is 0 Å². The van der Waals surface area contributed by atoms with Crippen LogP contribution in [-0.4, -0.2) is 9.97 Å². The number of aromatic nitrogens is 2. The van der Waals surface area contributed by atoms with Crippen molar-refractivity contribution in [2.24, 2.45) is 0 Å². The molecule has 0 amide bonds. The van der Waals surface area contributed by atoms with Gasteiger partial charge in [0.05, 0.1) is 11.0 Å². The lowest BCUT2D eigenvalue weighted by molar-refractivity contribution is 1.24. The largest absolute Gasteiger partial charge is 0.256 e. The molecule has 114 valence electrons. The van der Waals surface area contributed by atoms with Crippen LogP contribution in [0.5, 0.6) is 0 Å². The molecule has 2 aromatic carbocycles. The van der Waals surface area contributed by atoms with E-state index in [9.17, 15) is 0 Å². The van der Waals surface area contributed by atoms with Crippen molar-refractivity contribution in [3.05, 3.63) is 83.7 Å². The number of pyridine rings is 2. The lowest BCUT2D eigenvalue weighted by atomic mass is 10.1. The summed E-state index contributed by atoms with van der Waals surface area (Å²) >= 11 is 0. The summed E-state index contributed by atoms with van der Waals surface area (Å²) in [7, 11) is 0. The van der Waals surface area contributed by atoms with Gasteiger partial charge in [0.2, 0.25) is 0 Å². The molecule has 0 aliphatic rings. The van der Waals surface area contributed by atoms with Crippen LogP contribution in [0.4, 0.5) is 0 Å². The summed E-state index contributed by atoms with van der Waals surface area (Å²) in [6.45, 7) is 6.19. The van der Waals surface area contributed by atoms with Gasteiger partial charge in [0, 0.05) is 22.7 Å². The van der Waals surface area contributed by atoms with Crippen molar-refractivity contribution >= 4 is 21.8 Å². The third kappa shape index (κ3) is 3.37. The first-order chi connectivity index (χ1) is 11.1. The van der Waals surface area contributed by atoms with Gasteiger partial charge < -0.3 is 0 Å². The smallest absolute Gasteiger partial charge is 0.0734 e. The molecule has 0 radical (unpaired) electrons. The quantitative estimate of drug-likeness (QED) is 0.435. The Bertz CT molecular complexity index is 953. The van der Waals surface area contributed by atoms with E-state index in [2.05, 4.69) is 72.3 Å². The molecule has 0 unspecified atom stereocenters. The van der Waals surface area contributed by atoms with E-state index in [0.29, 0.717) is 0 Å². The number of para-hydroxylation sites is 2. The van der Waals surface area contributed by atoms with Gasteiger partial charge in [-0.3, -0.25) is 9.97 Å². The second-order valence-corrected chi connectivity index (χ2v) is 5.75. The molecule has 4 rings (SSSR count). The minimum Gasteiger partial charge on any atom is -0.256 e. The van der Waals surface area contributed by atoms with Crippen LogP contribution in [0.15, 0.2) is 66.9 Å². The minimum atomic E-state index is 1.08. The standard InChI is InChI=1S/C11H11N.C10H9N/c1-8-4-3-5-10-7-6-9(2)12-11(8)10;1-8-4-2-5-9-6-3-7-11-10(8)9/h3-7H,1-2H3;2-7H,1H3. The van der Waals surface area contributed by atoms with E-state index in [1.807, 2.05) is 25.3 Å². The Morgan fingerprint density at radius 1 is 0.609 bits per heavy atom. The van der Waals surface area contributed by atoms with Gasteiger partial charge in [-0.05, 0) is 44.0 Å². The van der Waals surface area contributed by atoms with Gasteiger partial charge in [0.15, 0.2) is 0 Å². The topological polar surface area (TPSA) is 25.8 Å². The predicted octanol–water partition coefficient (Wildman–Crippen LogP) is 5.39. The van der Waals surface area contributed by atoms with Crippen molar-refractivity contribution < 1.29 is 0 Å². The molecule has 23 heavy (non-hydrogen) atoms. The summed E-state index contributed by atoms with van der Waals surface area (Å²) < 4.78 is 0. The van der Waals surface area contributed by atoms with Crippen LogP contribution in [0.25, 0.3) is 21.8 Å². The van der Waals surface area contributed by atoms with Crippen LogP contribution in [0.1, 0.15) is 16.8 Å². The number of benzene rings is 2. The van der Waals surface area contributed by atoms with Crippen molar-refractivity contribution in [1.82, 2.24) is 9.97 Å². The Kier molecular flexibility index (Phi) is 4.33. The van der Waals surface area contributed by atoms with Crippen molar-refractivity contribution in [2.45, 2.75) is 20.8 Å². The van der Waals surface area contributed by atoms with Crippen LogP contribution >= 0.6 is 0 Å². The van der Waals surface area contributed by atoms with Crippen LogP contribution in [0.3, 0.4) is 0 Å². The molecule has 0 aliphatic carbocycles. The Hall–Kier alpha value is -2.74. The van der Waals surface area contributed by atoms with E-state index >= 15 is 0 Å². The van der Waals surface area contributed by atoms with Gasteiger partial charge in [-0.25, -0.2) is 0 Å². The highest BCUT2D eigenvalue weighted by atomic mass is 14.7. The number of fused-ring (bicyclic) bond motifs is 2. The third-order valence-corrected chi connectivity index (χ3v) is 3.90. The molecule has 0 N–H and O–H groups in total. The van der Waals surface area contributed by atoms with Gasteiger partial charge in [0.25, 0.3) is 0 Å². The zero-order valence-corrected chi connectivity index (χ0v) is 13.7. The van der Waals surface area contributed by atoms with Crippen LogP contribution in [-0.2, 0) is 0 Å². The maximum absolute atomic E-state index is 4.48. The van der Waals surface area contributed by atoms with Crippen LogP contribution < -0.4 is 0 Å². The molecule has 4 aromatic rings. The number of aryl methyl sites for hydroxylation is 3.